The molecule has 1 saturated carbocycles. The van der Waals surface area contributed by atoms with Gasteiger partial charge in [0.1, 0.15) is 0 Å². The van der Waals surface area contributed by atoms with Crippen LogP contribution in [0, 0.1) is 5.41 Å². The second kappa shape index (κ2) is 5.76. The molecule has 2 rings (SSSR count). The predicted molar refractivity (Wildman–Crippen MR) is 82.1 cm³/mol. The quantitative estimate of drug-likeness (QED) is 0.854. The largest absolute Gasteiger partial charge is 0.351 e. The van der Waals surface area contributed by atoms with Gasteiger partial charge < -0.3 is 5.32 Å². The van der Waals surface area contributed by atoms with Gasteiger partial charge >= 0.3 is 0 Å². The summed E-state index contributed by atoms with van der Waals surface area (Å²) in [5.74, 6) is -0.452. The van der Waals surface area contributed by atoms with Crippen molar-refractivity contribution in [2.75, 3.05) is 6.54 Å². The van der Waals surface area contributed by atoms with Crippen molar-refractivity contribution in [2.24, 2.45) is 10.6 Å². The van der Waals surface area contributed by atoms with Gasteiger partial charge in [-0.15, -0.1) is 0 Å². The topological polar surface area (TPSA) is 89.3 Å². The van der Waals surface area contributed by atoms with Crippen LogP contribution >= 0.6 is 23.2 Å². The minimum atomic E-state index is -3.96. The van der Waals surface area contributed by atoms with Crippen molar-refractivity contribution in [2.45, 2.75) is 31.1 Å². The molecule has 0 spiro atoms. The van der Waals surface area contributed by atoms with Crippen LogP contribution in [0.5, 0.6) is 0 Å². The summed E-state index contributed by atoms with van der Waals surface area (Å²) in [4.78, 5) is 12.0. The Hall–Kier alpha value is -0.820. The average Bonchev–Trinajstić information content (AvgIpc) is 3.18. The van der Waals surface area contributed by atoms with Gasteiger partial charge in [-0.25, -0.2) is 13.6 Å². The number of primary sulfonamides is 1. The van der Waals surface area contributed by atoms with Crippen molar-refractivity contribution in [1.82, 2.24) is 5.32 Å². The third-order valence-corrected chi connectivity index (χ3v) is 5.60. The molecule has 0 aliphatic heterocycles. The van der Waals surface area contributed by atoms with E-state index in [1.54, 1.807) is 0 Å². The molecule has 0 atom stereocenters. The minimum Gasteiger partial charge on any atom is -0.351 e. The van der Waals surface area contributed by atoms with Crippen LogP contribution in [0.3, 0.4) is 0 Å². The number of sulfonamides is 1. The molecule has 116 valence electrons. The Morgan fingerprint density at radius 2 is 2.00 bits per heavy atom. The highest BCUT2D eigenvalue weighted by Crippen LogP contribution is 2.47. The van der Waals surface area contributed by atoms with E-state index in [1.807, 2.05) is 0 Å². The normalized spacial score (nSPS) is 16.6. The van der Waals surface area contributed by atoms with Gasteiger partial charge in [-0.05, 0) is 36.8 Å². The zero-order valence-corrected chi connectivity index (χ0v) is 13.8. The Balaban J connectivity index is 2.26. The molecule has 0 heterocycles. The Morgan fingerprint density at radius 1 is 1.38 bits per heavy atom. The number of carbonyl (C=O) groups is 1. The summed E-state index contributed by atoms with van der Waals surface area (Å²) in [7, 11) is -3.96. The van der Waals surface area contributed by atoms with Gasteiger partial charge in [-0.1, -0.05) is 30.1 Å². The maximum absolute atomic E-state index is 12.2. The molecule has 1 aliphatic carbocycles. The summed E-state index contributed by atoms with van der Waals surface area (Å²) in [5.41, 5.74) is 0.184. The first-order chi connectivity index (χ1) is 9.68. The van der Waals surface area contributed by atoms with Crippen LogP contribution in [0.15, 0.2) is 17.0 Å². The van der Waals surface area contributed by atoms with E-state index in [0.29, 0.717) is 6.54 Å². The fraction of sp³-hybridized carbons (Fsp3) is 0.462. The van der Waals surface area contributed by atoms with Gasteiger partial charge in [-0.3, -0.25) is 4.79 Å². The van der Waals surface area contributed by atoms with Gasteiger partial charge in [0.15, 0.2) is 0 Å². The highest BCUT2D eigenvalue weighted by molar-refractivity contribution is 7.89. The summed E-state index contributed by atoms with van der Waals surface area (Å²) in [6.07, 6.45) is 3.14. The van der Waals surface area contributed by atoms with Crippen LogP contribution in [-0.2, 0) is 10.0 Å². The van der Waals surface area contributed by atoms with Crippen molar-refractivity contribution in [1.29, 1.82) is 0 Å². The van der Waals surface area contributed by atoms with Crippen molar-refractivity contribution in [3.8, 4) is 0 Å². The molecule has 5 nitrogen and oxygen atoms in total. The number of hydrogen-bond acceptors (Lipinski definition) is 3. The van der Waals surface area contributed by atoms with E-state index in [1.165, 1.54) is 0 Å². The van der Waals surface area contributed by atoms with Crippen LogP contribution in [-0.4, -0.2) is 20.9 Å². The fourth-order valence-electron chi connectivity index (χ4n) is 2.09. The predicted octanol–water partition coefficient (Wildman–Crippen LogP) is 2.56. The number of nitrogens with one attached hydrogen (secondary N) is 1. The third kappa shape index (κ3) is 3.69. The first-order valence-electron chi connectivity index (χ1n) is 6.48. The summed E-state index contributed by atoms with van der Waals surface area (Å²) < 4.78 is 22.8. The SMILES string of the molecule is CCC1(CNC(=O)c2cc(S(N)(=O)=O)cc(Cl)c2Cl)CC1. The molecular weight excluding hydrogens is 335 g/mol. The van der Waals surface area contributed by atoms with Gasteiger partial charge in [0.2, 0.25) is 10.0 Å². The lowest BCUT2D eigenvalue weighted by Gasteiger charge is -2.14. The molecule has 0 radical (unpaired) electrons. The van der Waals surface area contributed by atoms with Crippen molar-refractivity contribution < 1.29 is 13.2 Å². The smallest absolute Gasteiger partial charge is 0.252 e. The number of amides is 1. The van der Waals surface area contributed by atoms with Crippen molar-refractivity contribution in [3.05, 3.63) is 27.7 Å². The summed E-state index contributed by atoms with van der Waals surface area (Å²) in [5, 5.41) is 7.83. The first kappa shape index (κ1) is 16.5. The summed E-state index contributed by atoms with van der Waals surface area (Å²) in [6, 6.07) is 2.27. The molecule has 0 bridgehead atoms. The Kier molecular flexibility index (Phi) is 4.54. The van der Waals surface area contributed by atoms with Crippen LogP contribution in [0.4, 0.5) is 0 Å². The Morgan fingerprint density at radius 3 is 2.48 bits per heavy atom. The Labute approximate surface area is 133 Å². The van der Waals surface area contributed by atoms with Crippen LogP contribution in [0.1, 0.15) is 36.5 Å². The lowest BCUT2D eigenvalue weighted by Crippen LogP contribution is -2.30. The highest BCUT2D eigenvalue weighted by Gasteiger charge is 2.40. The minimum absolute atomic E-state index is 0.0140. The fourth-order valence-corrected chi connectivity index (χ4v) is 3.13. The van der Waals surface area contributed by atoms with E-state index in [9.17, 15) is 13.2 Å². The molecule has 0 saturated heterocycles. The number of benzene rings is 1. The lowest BCUT2D eigenvalue weighted by molar-refractivity contribution is 0.0944. The molecule has 0 aromatic heterocycles. The van der Waals surface area contributed by atoms with Crippen molar-refractivity contribution >= 4 is 39.1 Å². The molecule has 1 aliphatic rings. The molecular formula is C13H16Cl2N2O3S. The Bertz CT molecular complexity index is 685. The summed E-state index contributed by atoms with van der Waals surface area (Å²) >= 11 is 11.8. The zero-order valence-electron chi connectivity index (χ0n) is 11.4. The van der Waals surface area contributed by atoms with Gasteiger partial charge in [0.05, 0.1) is 20.5 Å². The molecule has 1 aromatic rings. The van der Waals surface area contributed by atoms with Crippen LogP contribution in [0.25, 0.3) is 0 Å². The molecule has 0 unspecified atom stereocenters. The van der Waals surface area contributed by atoms with E-state index in [0.717, 1.165) is 31.4 Å². The number of nitrogens with two attached hydrogens (primary N) is 1. The molecule has 1 aromatic carbocycles. The van der Waals surface area contributed by atoms with E-state index in [-0.39, 0.29) is 25.9 Å². The highest BCUT2D eigenvalue weighted by atomic mass is 35.5. The average molecular weight is 351 g/mol. The lowest BCUT2D eigenvalue weighted by atomic mass is 10.0. The van der Waals surface area contributed by atoms with E-state index in [2.05, 4.69) is 12.2 Å². The first-order valence-corrected chi connectivity index (χ1v) is 8.79. The number of rotatable bonds is 5. The molecule has 8 heteroatoms. The van der Waals surface area contributed by atoms with Gasteiger partial charge in [0, 0.05) is 6.54 Å². The standard InChI is InChI=1S/C13H16Cl2N2O3S/c1-2-13(3-4-13)7-17-12(18)9-5-8(21(16,19)20)6-10(14)11(9)15/h5-6H,2-4,7H2,1H3,(H,17,18)(H2,16,19,20). The van der Waals surface area contributed by atoms with E-state index < -0.39 is 15.9 Å². The summed E-state index contributed by atoms with van der Waals surface area (Å²) in [6.45, 7) is 2.61. The van der Waals surface area contributed by atoms with Gasteiger partial charge in [0.25, 0.3) is 5.91 Å². The van der Waals surface area contributed by atoms with Gasteiger partial charge in [-0.2, -0.15) is 0 Å². The van der Waals surface area contributed by atoms with Crippen molar-refractivity contribution in [3.63, 3.8) is 0 Å². The monoisotopic (exact) mass is 350 g/mol. The second-order valence-electron chi connectivity index (χ2n) is 5.35. The third-order valence-electron chi connectivity index (χ3n) is 3.91. The van der Waals surface area contributed by atoms with Crippen LogP contribution in [0.2, 0.25) is 10.0 Å². The molecule has 1 fully saturated rings. The number of halogens is 2. The molecule has 1 amide bonds. The van der Waals surface area contributed by atoms with E-state index in [4.69, 9.17) is 28.3 Å². The number of carbonyl (C=O) groups excluding carboxylic acids is 1. The maximum Gasteiger partial charge on any atom is 0.252 e. The molecule has 3 N–H and O–H groups in total. The molecule has 21 heavy (non-hydrogen) atoms. The second-order valence-corrected chi connectivity index (χ2v) is 7.69. The number of hydrogen-bond donors (Lipinski definition) is 2. The van der Waals surface area contributed by atoms with E-state index >= 15 is 0 Å². The maximum atomic E-state index is 12.2. The van der Waals surface area contributed by atoms with Crippen LogP contribution < -0.4 is 10.5 Å². The zero-order chi connectivity index (χ0) is 15.8.